The van der Waals surface area contributed by atoms with Gasteiger partial charge in [0.25, 0.3) is 5.56 Å². The van der Waals surface area contributed by atoms with Crippen LogP contribution in [0.25, 0.3) is 0 Å². The largest absolute Gasteiger partial charge is 0.377 e. The molecular weight excluding hydrogens is 344 g/mol. The number of ether oxygens (including phenoxy) is 1. The minimum Gasteiger partial charge on any atom is -0.377 e. The first-order chi connectivity index (χ1) is 7.74. The van der Waals surface area contributed by atoms with Crippen molar-refractivity contribution in [2.24, 2.45) is 0 Å². The van der Waals surface area contributed by atoms with Crippen molar-refractivity contribution in [2.75, 3.05) is 30.5 Å². The Labute approximate surface area is 111 Å². The third kappa shape index (κ3) is 2.33. The highest BCUT2D eigenvalue weighted by atomic mass is 127. The lowest BCUT2D eigenvalue weighted by Gasteiger charge is -2.35. The molecule has 1 aliphatic heterocycles. The number of aromatic nitrogens is 2. The fraction of sp³-hybridized carbons (Fsp3) is 0.556. The van der Waals surface area contributed by atoms with Crippen LogP contribution in [0.15, 0.2) is 11.1 Å². The van der Waals surface area contributed by atoms with Gasteiger partial charge >= 0.3 is 0 Å². The van der Waals surface area contributed by atoms with Crippen molar-refractivity contribution in [3.8, 4) is 0 Å². The number of hydrogen-bond donors (Lipinski definition) is 1. The number of anilines is 1. The second kappa shape index (κ2) is 5.33. The van der Waals surface area contributed by atoms with E-state index >= 15 is 0 Å². The Morgan fingerprint density at radius 1 is 1.75 bits per heavy atom. The lowest BCUT2D eigenvalue weighted by atomic mass is 10.2. The lowest BCUT2D eigenvalue weighted by molar-refractivity contribution is 0.0993. The quantitative estimate of drug-likeness (QED) is 0.630. The molecule has 0 aliphatic carbocycles. The summed E-state index contributed by atoms with van der Waals surface area (Å²) < 4.78 is 5.95. The molecular formula is C9H11ClIN3O2. The van der Waals surface area contributed by atoms with E-state index in [1.165, 1.54) is 6.33 Å². The molecule has 2 heterocycles. The standard InChI is InChI=1S/C9H11ClIN3O2/c10-3-6-4-16-2-1-14(6)8-7(11)9(15)13-5-12-8/h5-6H,1-4H2,(H,12,13,15). The summed E-state index contributed by atoms with van der Waals surface area (Å²) in [6.07, 6.45) is 1.42. The monoisotopic (exact) mass is 355 g/mol. The molecule has 1 fully saturated rings. The first-order valence-electron chi connectivity index (χ1n) is 4.87. The second-order valence-corrected chi connectivity index (χ2v) is 4.83. The molecule has 1 atom stereocenters. The molecule has 1 saturated heterocycles. The molecule has 0 amide bonds. The zero-order chi connectivity index (χ0) is 11.5. The van der Waals surface area contributed by atoms with Gasteiger partial charge in [-0.05, 0) is 22.6 Å². The number of rotatable bonds is 2. The van der Waals surface area contributed by atoms with Gasteiger partial charge in [0.15, 0.2) is 0 Å². The van der Waals surface area contributed by atoms with E-state index < -0.39 is 0 Å². The first-order valence-corrected chi connectivity index (χ1v) is 6.49. The predicted octanol–water partition coefficient (Wildman–Crippen LogP) is 0.819. The molecule has 16 heavy (non-hydrogen) atoms. The molecule has 1 aromatic rings. The summed E-state index contributed by atoms with van der Waals surface area (Å²) in [6, 6.07) is 0.0817. The fourth-order valence-electron chi connectivity index (χ4n) is 1.64. The smallest absolute Gasteiger partial charge is 0.266 e. The van der Waals surface area contributed by atoms with Gasteiger partial charge in [-0.3, -0.25) is 4.79 Å². The van der Waals surface area contributed by atoms with Crippen molar-refractivity contribution in [2.45, 2.75) is 6.04 Å². The van der Waals surface area contributed by atoms with E-state index in [0.29, 0.717) is 35.0 Å². The third-order valence-electron chi connectivity index (χ3n) is 2.46. The zero-order valence-electron chi connectivity index (χ0n) is 8.45. The maximum absolute atomic E-state index is 11.5. The molecule has 2 rings (SSSR count). The van der Waals surface area contributed by atoms with Crippen LogP contribution in [-0.4, -0.2) is 41.6 Å². The summed E-state index contributed by atoms with van der Waals surface area (Å²) in [5, 5.41) is 0. The predicted molar refractivity (Wildman–Crippen MR) is 70.2 cm³/mol. The molecule has 1 aromatic heterocycles. The average molecular weight is 356 g/mol. The van der Waals surface area contributed by atoms with Crippen LogP contribution in [0, 0.1) is 3.57 Å². The van der Waals surface area contributed by atoms with Crippen LogP contribution in [-0.2, 0) is 4.74 Å². The molecule has 1 unspecified atom stereocenters. The van der Waals surface area contributed by atoms with Crippen molar-refractivity contribution >= 4 is 40.0 Å². The number of H-pyrrole nitrogens is 1. The van der Waals surface area contributed by atoms with Crippen LogP contribution in [0.1, 0.15) is 0 Å². The van der Waals surface area contributed by atoms with Gasteiger partial charge in [0.05, 0.1) is 25.6 Å². The zero-order valence-corrected chi connectivity index (χ0v) is 11.4. The number of halogens is 2. The van der Waals surface area contributed by atoms with E-state index in [1.807, 2.05) is 27.5 Å². The van der Waals surface area contributed by atoms with Gasteiger partial charge in [0, 0.05) is 12.4 Å². The SMILES string of the molecule is O=c1[nH]cnc(N2CCOCC2CCl)c1I. The Morgan fingerprint density at radius 3 is 3.31 bits per heavy atom. The van der Waals surface area contributed by atoms with Crippen molar-refractivity contribution < 1.29 is 4.74 Å². The summed E-state index contributed by atoms with van der Waals surface area (Å²) in [5.74, 6) is 1.16. The molecule has 5 nitrogen and oxygen atoms in total. The van der Waals surface area contributed by atoms with Crippen LogP contribution in [0.5, 0.6) is 0 Å². The molecule has 1 aliphatic rings. The molecule has 0 aromatic carbocycles. The maximum atomic E-state index is 11.5. The van der Waals surface area contributed by atoms with E-state index in [4.69, 9.17) is 16.3 Å². The van der Waals surface area contributed by atoms with Crippen LogP contribution in [0.4, 0.5) is 5.82 Å². The molecule has 0 bridgehead atoms. The van der Waals surface area contributed by atoms with E-state index in [9.17, 15) is 4.79 Å². The van der Waals surface area contributed by atoms with E-state index in [-0.39, 0.29) is 11.6 Å². The number of aromatic amines is 1. The van der Waals surface area contributed by atoms with Crippen molar-refractivity contribution in [3.63, 3.8) is 0 Å². The summed E-state index contributed by atoms with van der Waals surface area (Å²) in [5.41, 5.74) is -0.120. The molecule has 7 heteroatoms. The molecule has 0 saturated carbocycles. The minimum atomic E-state index is -0.120. The van der Waals surface area contributed by atoms with Crippen LogP contribution < -0.4 is 10.5 Å². The summed E-state index contributed by atoms with van der Waals surface area (Å²) in [7, 11) is 0. The highest BCUT2D eigenvalue weighted by molar-refractivity contribution is 14.1. The minimum absolute atomic E-state index is 0.0817. The van der Waals surface area contributed by atoms with E-state index in [1.54, 1.807) is 0 Å². The van der Waals surface area contributed by atoms with Crippen molar-refractivity contribution in [3.05, 3.63) is 20.3 Å². The fourth-order valence-corrected chi connectivity index (χ4v) is 2.50. The van der Waals surface area contributed by atoms with Crippen LogP contribution in [0.2, 0.25) is 0 Å². The molecule has 0 spiro atoms. The summed E-state index contributed by atoms with van der Waals surface area (Å²) in [4.78, 5) is 20.3. The van der Waals surface area contributed by atoms with Gasteiger partial charge in [-0.15, -0.1) is 11.6 Å². The van der Waals surface area contributed by atoms with Crippen LogP contribution in [0.3, 0.4) is 0 Å². The first kappa shape index (κ1) is 12.1. The van der Waals surface area contributed by atoms with Crippen molar-refractivity contribution in [1.82, 2.24) is 9.97 Å². The number of nitrogens with zero attached hydrogens (tertiary/aromatic N) is 2. The van der Waals surface area contributed by atoms with Gasteiger partial charge < -0.3 is 14.6 Å². The maximum Gasteiger partial charge on any atom is 0.266 e. The lowest BCUT2D eigenvalue weighted by Crippen LogP contribution is -2.48. The van der Waals surface area contributed by atoms with Gasteiger partial charge in [-0.25, -0.2) is 4.98 Å². The number of alkyl halides is 1. The molecule has 0 radical (unpaired) electrons. The number of hydrogen-bond acceptors (Lipinski definition) is 4. The Morgan fingerprint density at radius 2 is 2.56 bits per heavy atom. The normalized spacial score (nSPS) is 21.1. The number of nitrogens with one attached hydrogen (secondary N) is 1. The molecule has 1 N–H and O–H groups in total. The average Bonchev–Trinajstić information content (AvgIpc) is 2.33. The highest BCUT2D eigenvalue weighted by Gasteiger charge is 2.25. The van der Waals surface area contributed by atoms with E-state index in [2.05, 4.69) is 9.97 Å². The molecule has 88 valence electrons. The topological polar surface area (TPSA) is 58.2 Å². The van der Waals surface area contributed by atoms with Crippen molar-refractivity contribution in [1.29, 1.82) is 0 Å². The Balaban J connectivity index is 2.34. The van der Waals surface area contributed by atoms with Gasteiger partial charge in [-0.2, -0.15) is 0 Å². The Bertz CT molecular complexity index is 425. The van der Waals surface area contributed by atoms with Gasteiger partial charge in [-0.1, -0.05) is 0 Å². The number of morpholine rings is 1. The Kier molecular flexibility index (Phi) is 4.04. The van der Waals surface area contributed by atoms with Gasteiger partial charge in [0.1, 0.15) is 9.39 Å². The Hall–Kier alpha value is -0.340. The summed E-state index contributed by atoms with van der Waals surface area (Å²) >= 11 is 7.88. The van der Waals surface area contributed by atoms with Gasteiger partial charge in [0.2, 0.25) is 0 Å². The third-order valence-corrected chi connectivity index (χ3v) is 3.78. The van der Waals surface area contributed by atoms with Crippen LogP contribution >= 0.6 is 34.2 Å². The highest BCUT2D eigenvalue weighted by Crippen LogP contribution is 2.20. The second-order valence-electron chi connectivity index (χ2n) is 3.45. The van der Waals surface area contributed by atoms with E-state index in [0.717, 1.165) is 0 Å². The summed E-state index contributed by atoms with van der Waals surface area (Å²) in [6.45, 7) is 1.93.